The van der Waals surface area contributed by atoms with Gasteiger partial charge in [-0.15, -0.1) is 0 Å². The molecule has 0 unspecified atom stereocenters. The largest absolute Gasteiger partial charge is 0.474 e. The Balaban J connectivity index is 2.58. The molecule has 0 saturated carbocycles. The van der Waals surface area contributed by atoms with E-state index in [0.29, 0.717) is 5.56 Å². The van der Waals surface area contributed by atoms with Crippen LogP contribution >= 0.6 is 0 Å². The van der Waals surface area contributed by atoms with Gasteiger partial charge in [0, 0.05) is 13.6 Å². The van der Waals surface area contributed by atoms with Crippen molar-refractivity contribution in [2.45, 2.75) is 6.42 Å². The van der Waals surface area contributed by atoms with E-state index in [4.69, 9.17) is 5.11 Å². The number of aliphatic carboxylic acids is 1. The summed E-state index contributed by atoms with van der Waals surface area (Å²) in [5, 5.41) is 8.43. The van der Waals surface area contributed by atoms with Gasteiger partial charge in [0.05, 0.1) is 0 Å². The Labute approximate surface area is 96.5 Å². The van der Waals surface area contributed by atoms with Crippen molar-refractivity contribution in [2.24, 2.45) is 0 Å². The van der Waals surface area contributed by atoms with Crippen molar-refractivity contribution < 1.29 is 23.5 Å². The summed E-state index contributed by atoms with van der Waals surface area (Å²) in [5.74, 6) is -4.48. The number of hydrogen-bond acceptors (Lipinski definition) is 2. The summed E-state index contributed by atoms with van der Waals surface area (Å²) in [7, 11) is 1.33. The molecule has 0 saturated heterocycles. The van der Waals surface area contributed by atoms with Gasteiger partial charge in [-0.05, 0) is 24.1 Å². The molecule has 0 aromatic heterocycles. The molecule has 0 spiro atoms. The summed E-state index contributed by atoms with van der Waals surface area (Å²) in [6.07, 6.45) is 0.257. The first-order valence-electron chi connectivity index (χ1n) is 4.84. The highest BCUT2D eigenvalue weighted by molar-refractivity contribution is 6.31. The van der Waals surface area contributed by atoms with Gasteiger partial charge in [0.2, 0.25) is 0 Å². The number of likely N-dealkylation sites (N-methyl/N-ethyl adjacent to an activating group) is 1. The minimum Gasteiger partial charge on any atom is -0.474 e. The van der Waals surface area contributed by atoms with Crippen molar-refractivity contribution >= 4 is 11.9 Å². The zero-order valence-corrected chi connectivity index (χ0v) is 9.11. The van der Waals surface area contributed by atoms with Crippen molar-refractivity contribution in [1.29, 1.82) is 0 Å². The van der Waals surface area contributed by atoms with E-state index in [1.165, 1.54) is 13.1 Å². The number of rotatable bonds is 3. The Kier molecular flexibility index (Phi) is 4.14. The van der Waals surface area contributed by atoms with Crippen LogP contribution in [0.4, 0.5) is 8.78 Å². The van der Waals surface area contributed by atoms with Crippen LogP contribution in [0.5, 0.6) is 0 Å². The molecule has 1 rings (SSSR count). The predicted octanol–water partition coefficient (Wildman–Crippen LogP) is 1.05. The van der Waals surface area contributed by atoms with Gasteiger partial charge in [-0.2, -0.15) is 0 Å². The van der Waals surface area contributed by atoms with E-state index in [1.54, 1.807) is 0 Å². The van der Waals surface area contributed by atoms with Crippen LogP contribution in [0, 0.1) is 11.6 Å². The number of amides is 1. The lowest BCUT2D eigenvalue weighted by atomic mass is 10.1. The highest BCUT2D eigenvalue weighted by atomic mass is 19.2. The monoisotopic (exact) mass is 243 g/mol. The van der Waals surface area contributed by atoms with E-state index in [0.717, 1.165) is 17.0 Å². The Hall–Kier alpha value is -1.98. The zero-order valence-electron chi connectivity index (χ0n) is 9.11. The van der Waals surface area contributed by atoms with Gasteiger partial charge in [-0.1, -0.05) is 6.07 Å². The van der Waals surface area contributed by atoms with E-state index in [2.05, 4.69) is 0 Å². The second-order valence-electron chi connectivity index (χ2n) is 3.53. The molecular weight excluding hydrogens is 232 g/mol. The molecule has 0 fully saturated rings. The van der Waals surface area contributed by atoms with Crippen molar-refractivity contribution in [3.05, 3.63) is 35.4 Å². The Morgan fingerprint density at radius 1 is 1.29 bits per heavy atom. The van der Waals surface area contributed by atoms with Gasteiger partial charge in [-0.25, -0.2) is 13.6 Å². The average molecular weight is 243 g/mol. The maximum atomic E-state index is 12.8. The summed E-state index contributed by atoms with van der Waals surface area (Å²) >= 11 is 0. The van der Waals surface area contributed by atoms with Crippen molar-refractivity contribution in [1.82, 2.24) is 4.90 Å². The second-order valence-corrected chi connectivity index (χ2v) is 3.53. The third-order valence-electron chi connectivity index (χ3n) is 2.25. The van der Waals surface area contributed by atoms with Crippen LogP contribution in [0.25, 0.3) is 0 Å². The third kappa shape index (κ3) is 3.51. The average Bonchev–Trinajstić information content (AvgIpc) is 2.29. The summed E-state index contributed by atoms with van der Waals surface area (Å²) in [5.41, 5.74) is 0.494. The fourth-order valence-corrected chi connectivity index (χ4v) is 1.26. The number of carbonyl (C=O) groups excluding carboxylic acids is 1. The van der Waals surface area contributed by atoms with E-state index in [-0.39, 0.29) is 13.0 Å². The van der Waals surface area contributed by atoms with E-state index < -0.39 is 23.5 Å². The molecule has 1 aromatic rings. The first-order chi connectivity index (χ1) is 7.91. The molecule has 0 aliphatic rings. The normalized spacial score (nSPS) is 10.1. The summed E-state index contributed by atoms with van der Waals surface area (Å²) in [4.78, 5) is 22.3. The quantitative estimate of drug-likeness (QED) is 0.807. The van der Waals surface area contributed by atoms with Gasteiger partial charge >= 0.3 is 11.9 Å². The lowest BCUT2D eigenvalue weighted by molar-refractivity contribution is -0.155. The highest BCUT2D eigenvalue weighted by Gasteiger charge is 2.16. The lowest BCUT2D eigenvalue weighted by Crippen LogP contribution is -2.34. The van der Waals surface area contributed by atoms with Crippen LogP contribution in [0.3, 0.4) is 0 Å². The molecule has 92 valence electrons. The number of nitrogens with zero attached hydrogens (tertiary/aromatic N) is 1. The predicted molar refractivity (Wildman–Crippen MR) is 55.3 cm³/mol. The van der Waals surface area contributed by atoms with Crippen LogP contribution in [0.15, 0.2) is 18.2 Å². The van der Waals surface area contributed by atoms with Crippen LogP contribution in [0.1, 0.15) is 5.56 Å². The summed E-state index contributed by atoms with van der Waals surface area (Å²) in [6.45, 7) is 0.121. The molecule has 0 radical (unpaired) electrons. The Morgan fingerprint density at radius 3 is 2.47 bits per heavy atom. The lowest BCUT2D eigenvalue weighted by Gasteiger charge is -2.14. The standard InChI is InChI=1S/C11H11F2NO3/c1-14(10(15)11(16)17)5-4-7-2-3-8(12)9(13)6-7/h2-3,6H,4-5H2,1H3,(H,16,17). The number of carbonyl (C=O) groups is 2. The van der Waals surface area contributed by atoms with Crippen molar-refractivity contribution in [2.75, 3.05) is 13.6 Å². The number of carboxylic acid groups (broad SMARTS) is 1. The highest BCUT2D eigenvalue weighted by Crippen LogP contribution is 2.09. The van der Waals surface area contributed by atoms with Gasteiger partial charge < -0.3 is 10.0 Å². The van der Waals surface area contributed by atoms with Crippen molar-refractivity contribution in [3.8, 4) is 0 Å². The smallest absolute Gasteiger partial charge is 0.394 e. The topological polar surface area (TPSA) is 57.6 Å². The molecule has 1 aromatic carbocycles. The molecule has 0 heterocycles. The molecule has 0 aliphatic carbocycles. The molecule has 0 aliphatic heterocycles. The fraction of sp³-hybridized carbons (Fsp3) is 0.273. The molecular formula is C11H11F2NO3. The number of halogens is 2. The number of benzene rings is 1. The minimum atomic E-state index is -1.54. The fourth-order valence-electron chi connectivity index (χ4n) is 1.26. The molecule has 4 nitrogen and oxygen atoms in total. The van der Waals surface area contributed by atoms with Crippen LogP contribution in [-0.2, 0) is 16.0 Å². The first-order valence-corrected chi connectivity index (χ1v) is 4.84. The van der Waals surface area contributed by atoms with E-state index in [1.807, 2.05) is 0 Å². The Morgan fingerprint density at radius 2 is 1.94 bits per heavy atom. The van der Waals surface area contributed by atoms with Gasteiger partial charge in [0.25, 0.3) is 0 Å². The van der Waals surface area contributed by atoms with Gasteiger partial charge in [0.1, 0.15) is 0 Å². The molecule has 0 bridgehead atoms. The zero-order chi connectivity index (χ0) is 13.0. The SMILES string of the molecule is CN(CCc1ccc(F)c(F)c1)C(=O)C(=O)O. The molecule has 0 atom stereocenters. The second kappa shape index (κ2) is 5.38. The van der Waals surface area contributed by atoms with E-state index >= 15 is 0 Å². The maximum Gasteiger partial charge on any atom is 0.394 e. The van der Waals surface area contributed by atoms with Crippen LogP contribution < -0.4 is 0 Å². The molecule has 17 heavy (non-hydrogen) atoms. The third-order valence-corrected chi connectivity index (χ3v) is 2.25. The number of carboxylic acids is 1. The number of hydrogen-bond donors (Lipinski definition) is 1. The minimum absolute atomic E-state index is 0.121. The van der Waals surface area contributed by atoms with Crippen LogP contribution in [0.2, 0.25) is 0 Å². The van der Waals surface area contributed by atoms with Crippen molar-refractivity contribution in [3.63, 3.8) is 0 Å². The summed E-state index contributed by atoms with van der Waals surface area (Å²) in [6, 6.07) is 3.40. The molecule has 1 N–H and O–H groups in total. The molecule has 1 amide bonds. The first kappa shape index (κ1) is 13.1. The summed E-state index contributed by atoms with van der Waals surface area (Å²) < 4.78 is 25.5. The van der Waals surface area contributed by atoms with Gasteiger partial charge in [-0.3, -0.25) is 4.79 Å². The van der Waals surface area contributed by atoms with E-state index in [9.17, 15) is 18.4 Å². The maximum absolute atomic E-state index is 12.8. The van der Waals surface area contributed by atoms with Crippen LogP contribution in [-0.4, -0.2) is 35.5 Å². The molecule has 6 heteroatoms. The van der Waals surface area contributed by atoms with Gasteiger partial charge in [0.15, 0.2) is 11.6 Å². The Bertz CT molecular complexity index is 448.